The summed E-state index contributed by atoms with van der Waals surface area (Å²) in [6.07, 6.45) is 6.62. The number of nitrogens with zero attached hydrogens (tertiary/aromatic N) is 1. The third-order valence-electron chi connectivity index (χ3n) is 6.40. The van der Waals surface area contributed by atoms with Gasteiger partial charge in [-0.05, 0) is 54.8 Å². The Morgan fingerprint density at radius 1 is 0.943 bits per heavy atom. The van der Waals surface area contributed by atoms with Crippen LogP contribution in [0.3, 0.4) is 0 Å². The summed E-state index contributed by atoms with van der Waals surface area (Å²) >= 11 is 6.14. The minimum atomic E-state index is -0.950. The predicted octanol–water partition coefficient (Wildman–Crippen LogP) is 5.54. The van der Waals surface area contributed by atoms with Crippen LogP contribution in [0.15, 0.2) is 65.3 Å². The molecule has 0 spiro atoms. The first kappa shape index (κ1) is 23.3. The summed E-state index contributed by atoms with van der Waals surface area (Å²) in [5.41, 5.74) is 1.13. The van der Waals surface area contributed by atoms with Crippen molar-refractivity contribution in [1.82, 2.24) is 5.32 Å². The molecule has 1 saturated carbocycles. The Morgan fingerprint density at radius 2 is 1.69 bits per heavy atom. The minimum Gasteiger partial charge on any atom is -0.486 e. The number of fused-ring (bicyclic) bond motifs is 1. The van der Waals surface area contributed by atoms with Gasteiger partial charge in [-0.2, -0.15) is 0 Å². The number of hydrogen-bond donors (Lipinski definition) is 1. The molecular weight excluding hydrogens is 468 g/mol. The fourth-order valence-electron chi connectivity index (χ4n) is 4.67. The zero-order valence-electron chi connectivity index (χ0n) is 19.2. The van der Waals surface area contributed by atoms with Gasteiger partial charge in [0.05, 0.1) is 6.26 Å². The van der Waals surface area contributed by atoms with Crippen LogP contribution in [-0.4, -0.2) is 31.1 Å². The number of carbonyl (C=O) groups is 2. The number of halogens is 1. The van der Waals surface area contributed by atoms with Crippen LogP contribution < -0.4 is 19.7 Å². The number of nitrogens with one attached hydrogen (secondary N) is 1. The first-order valence-electron chi connectivity index (χ1n) is 11.9. The van der Waals surface area contributed by atoms with Crippen LogP contribution in [-0.2, 0) is 4.79 Å². The summed E-state index contributed by atoms with van der Waals surface area (Å²) in [4.78, 5) is 29.1. The van der Waals surface area contributed by atoms with E-state index in [9.17, 15) is 9.59 Å². The number of amides is 2. The standard InChI is InChI=1S/C27H27ClN2O5/c28-19-10-8-18(9-11-19)25(26(31)29-20-5-2-1-3-6-20)30(27(32)23-7-4-14-33-23)21-12-13-22-24(17-21)35-16-15-34-22/h4,7-14,17,20,25H,1-3,5-6,15-16H2,(H,29,31)/t25-/m1/s1. The van der Waals surface area contributed by atoms with E-state index in [4.69, 9.17) is 25.5 Å². The number of ether oxygens (including phenoxy) is 2. The van der Waals surface area contributed by atoms with E-state index in [1.54, 1.807) is 54.6 Å². The van der Waals surface area contributed by atoms with Gasteiger partial charge in [-0.15, -0.1) is 0 Å². The monoisotopic (exact) mass is 494 g/mol. The quantitative estimate of drug-likeness (QED) is 0.486. The van der Waals surface area contributed by atoms with E-state index in [1.807, 2.05) is 0 Å². The Morgan fingerprint density at radius 3 is 2.40 bits per heavy atom. The fraction of sp³-hybridized carbons (Fsp3) is 0.333. The van der Waals surface area contributed by atoms with E-state index in [0.29, 0.717) is 41.0 Å². The second-order valence-electron chi connectivity index (χ2n) is 8.78. The van der Waals surface area contributed by atoms with E-state index >= 15 is 0 Å². The van der Waals surface area contributed by atoms with Gasteiger partial charge in [0.1, 0.15) is 19.3 Å². The molecule has 0 radical (unpaired) electrons. The second-order valence-corrected chi connectivity index (χ2v) is 9.21. The summed E-state index contributed by atoms with van der Waals surface area (Å²) < 4.78 is 16.9. The molecule has 2 heterocycles. The summed E-state index contributed by atoms with van der Waals surface area (Å²) in [6, 6.07) is 14.6. The number of anilines is 1. The van der Waals surface area contributed by atoms with Gasteiger partial charge in [0.2, 0.25) is 5.91 Å². The molecule has 1 N–H and O–H groups in total. The first-order chi connectivity index (χ1) is 17.1. The Bertz CT molecular complexity index is 1170. The summed E-state index contributed by atoms with van der Waals surface area (Å²) in [5.74, 6) is 0.553. The van der Waals surface area contributed by atoms with Gasteiger partial charge >= 0.3 is 0 Å². The average molecular weight is 495 g/mol. The molecule has 7 nitrogen and oxygen atoms in total. The fourth-order valence-corrected chi connectivity index (χ4v) is 4.80. The van der Waals surface area contributed by atoms with Gasteiger partial charge in [-0.3, -0.25) is 14.5 Å². The topological polar surface area (TPSA) is 81.0 Å². The zero-order valence-corrected chi connectivity index (χ0v) is 20.0. The molecule has 1 aliphatic carbocycles. The van der Waals surface area contributed by atoms with Crippen molar-refractivity contribution >= 4 is 29.1 Å². The molecular formula is C27H27ClN2O5. The molecule has 1 atom stereocenters. The highest BCUT2D eigenvalue weighted by atomic mass is 35.5. The van der Waals surface area contributed by atoms with Gasteiger partial charge in [0, 0.05) is 22.8 Å². The molecule has 0 saturated heterocycles. The van der Waals surface area contributed by atoms with Crippen LogP contribution in [0.1, 0.15) is 54.3 Å². The molecule has 1 aromatic heterocycles. The van der Waals surface area contributed by atoms with Crippen LogP contribution >= 0.6 is 11.6 Å². The van der Waals surface area contributed by atoms with Crippen molar-refractivity contribution in [3.05, 3.63) is 77.2 Å². The van der Waals surface area contributed by atoms with E-state index in [2.05, 4.69) is 5.32 Å². The molecule has 35 heavy (non-hydrogen) atoms. The zero-order chi connectivity index (χ0) is 24.2. The SMILES string of the molecule is O=C(NC1CCCCC1)[C@@H](c1ccc(Cl)cc1)N(C(=O)c1ccco1)c1ccc2c(c1)OCCO2. The van der Waals surface area contributed by atoms with Crippen molar-refractivity contribution in [2.45, 2.75) is 44.2 Å². The third kappa shape index (κ3) is 5.15. The maximum atomic E-state index is 13.8. The maximum absolute atomic E-state index is 13.8. The van der Waals surface area contributed by atoms with E-state index < -0.39 is 11.9 Å². The Labute approximate surface area is 209 Å². The van der Waals surface area contributed by atoms with Crippen LogP contribution in [0, 0.1) is 0 Å². The highest BCUT2D eigenvalue weighted by molar-refractivity contribution is 6.30. The molecule has 1 aliphatic heterocycles. The molecule has 182 valence electrons. The van der Waals surface area contributed by atoms with E-state index in [1.165, 1.54) is 17.6 Å². The largest absolute Gasteiger partial charge is 0.486 e. The van der Waals surface area contributed by atoms with Gasteiger partial charge < -0.3 is 19.2 Å². The van der Waals surface area contributed by atoms with Crippen LogP contribution in [0.5, 0.6) is 11.5 Å². The molecule has 3 aromatic rings. The highest BCUT2D eigenvalue weighted by Gasteiger charge is 2.36. The second kappa shape index (κ2) is 10.4. The van der Waals surface area contributed by atoms with Crippen LogP contribution in [0.2, 0.25) is 5.02 Å². The summed E-state index contributed by atoms with van der Waals surface area (Å²) in [5, 5.41) is 3.74. The Hall–Kier alpha value is -3.45. The maximum Gasteiger partial charge on any atom is 0.294 e. The number of rotatable bonds is 6. The van der Waals surface area contributed by atoms with Gasteiger partial charge in [0.25, 0.3) is 5.91 Å². The number of hydrogen-bond acceptors (Lipinski definition) is 5. The van der Waals surface area contributed by atoms with Crippen LogP contribution in [0.25, 0.3) is 0 Å². The minimum absolute atomic E-state index is 0.0758. The lowest BCUT2D eigenvalue weighted by Gasteiger charge is -2.33. The first-order valence-corrected chi connectivity index (χ1v) is 12.3. The van der Waals surface area contributed by atoms with Crippen molar-refractivity contribution < 1.29 is 23.5 Å². The number of furan rings is 1. The summed E-state index contributed by atoms with van der Waals surface area (Å²) in [7, 11) is 0. The lowest BCUT2D eigenvalue weighted by molar-refractivity contribution is -0.123. The predicted molar refractivity (Wildman–Crippen MR) is 132 cm³/mol. The summed E-state index contributed by atoms with van der Waals surface area (Å²) in [6.45, 7) is 0.865. The average Bonchev–Trinajstić information content (AvgIpc) is 3.43. The molecule has 2 aromatic carbocycles. The number of benzene rings is 2. The van der Waals surface area contributed by atoms with Crippen molar-refractivity contribution in [2.75, 3.05) is 18.1 Å². The van der Waals surface area contributed by atoms with Gasteiger partial charge in [-0.1, -0.05) is 43.0 Å². The molecule has 2 amide bonds. The van der Waals surface area contributed by atoms with Crippen LogP contribution in [0.4, 0.5) is 5.69 Å². The molecule has 2 aliphatic rings. The normalized spacial score (nSPS) is 16.4. The number of carbonyl (C=O) groups excluding carboxylic acids is 2. The molecule has 0 bridgehead atoms. The van der Waals surface area contributed by atoms with Crippen molar-refractivity contribution in [1.29, 1.82) is 0 Å². The van der Waals surface area contributed by atoms with Crippen molar-refractivity contribution in [2.24, 2.45) is 0 Å². The molecule has 8 heteroatoms. The lowest BCUT2D eigenvalue weighted by Crippen LogP contribution is -2.47. The third-order valence-corrected chi connectivity index (χ3v) is 6.65. The van der Waals surface area contributed by atoms with Gasteiger partial charge in [0.15, 0.2) is 17.3 Å². The van der Waals surface area contributed by atoms with E-state index in [-0.39, 0.29) is 17.7 Å². The smallest absolute Gasteiger partial charge is 0.294 e. The van der Waals surface area contributed by atoms with Gasteiger partial charge in [-0.25, -0.2) is 0 Å². The van der Waals surface area contributed by atoms with Crippen molar-refractivity contribution in [3.8, 4) is 11.5 Å². The Balaban J connectivity index is 1.59. The van der Waals surface area contributed by atoms with E-state index in [0.717, 1.165) is 25.7 Å². The highest BCUT2D eigenvalue weighted by Crippen LogP contribution is 2.38. The molecule has 5 rings (SSSR count). The molecule has 1 fully saturated rings. The lowest BCUT2D eigenvalue weighted by atomic mass is 9.94. The Kier molecular flexibility index (Phi) is 6.95. The molecule has 0 unspecified atom stereocenters. The van der Waals surface area contributed by atoms with Crippen molar-refractivity contribution in [3.63, 3.8) is 0 Å².